The van der Waals surface area contributed by atoms with E-state index in [1.54, 1.807) is 21.3 Å². The number of anilines is 2. The van der Waals surface area contributed by atoms with Crippen LogP contribution in [0.25, 0.3) is 0 Å². The summed E-state index contributed by atoms with van der Waals surface area (Å²) in [7, 11) is 4.84. The van der Waals surface area contributed by atoms with Gasteiger partial charge < -0.3 is 29.6 Å². The number of hydrogen-bond acceptors (Lipinski definition) is 7. The molecule has 8 heteroatoms. The van der Waals surface area contributed by atoms with Crippen molar-refractivity contribution < 1.29 is 23.7 Å². The van der Waals surface area contributed by atoms with Gasteiger partial charge in [-0.15, -0.1) is 0 Å². The van der Waals surface area contributed by atoms with E-state index in [9.17, 15) is 4.79 Å². The van der Waals surface area contributed by atoms with Gasteiger partial charge in [-0.05, 0) is 70.4 Å². The number of nitrogens with one attached hydrogen (secondary N) is 2. The zero-order valence-corrected chi connectivity index (χ0v) is 23.4. The maximum atomic E-state index is 13.9. The topological polar surface area (TPSA) is 78.0 Å². The Hall–Kier alpha value is -3.65. The minimum absolute atomic E-state index is 0.103. The first-order chi connectivity index (χ1) is 18.5. The number of halogens is 1. The Kier molecular flexibility index (Phi) is 7.51. The molecule has 0 bridgehead atoms. The average Bonchev–Trinajstić information content (AvgIpc) is 3.10. The Morgan fingerprint density at radius 3 is 2.34 bits per heavy atom. The van der Waals surface area contributed by atoms with E-state index in [0.717, 1.165) is 32.7 Å². The van der Waals surface area contributed by atoms with Gasteiger partial charge in [0.05, 0.1) is 55.7 Å². The SMILES string of the molecule is CCOc1ccc(C2C=C3Nc4ccccc4NC(c4cc(Br)c(OC)c(OC)c4)C3C(=O)C2)cc1OC. The third-order valence-electron chi connectivity index (χ3n) is 7.06. The quantitative estimate of drug-likeness (QED) is 0.322. The number of methoxy groups -OCH3 is 3. The first-order valence-corrected chi connectivity index (χ1v) is 13.4. The minimum atomic E-state index is -0.423. The third-order valence-corrected chi connectivity index (χ3v) is 7.65. The molecule has 3 aromatic rings. The van der Waals surface area contributed by atoms with Crippen molar-refractivity contribution in [3.8, 4) is 23.0 Å². The van der Waals surface area contributed by atoms with Crippen LogP contribution in [-0.2, 0) is 4.79 Å². The number of allylic oxidation sites excluding steroid dienone is 1. The number of ether oxygens (including phenoxy) is 4. The van der Waals surface area contributed by atoms with Crippen molar-refractivity contribution >= 4 is 33.1 Å². The summed E-state index contributed by atoms with van der Waals surface area (Å²) in [5.41, 5.74) is 4.63. The normalized spacial score (nSPS) is 20.1. The van der Waals surface area contributed by atoms with Gasteiger partial charge in [0.1, 0.15) is 5.78 Å². The molecule has 0 fully saturated rings. The third kappa shape index (κ3) is 4.80. The Balaban J connectivity index is 1.60. The van der Waals surface area contributed by atoms with Crippen molar-refractivity contribution in [3.63, 3.8) is 0 Å². The number of rotatable bonds is 7. The summed E-state index contributed by atoms with van der Waals surface area (Å²) in [6.07, 6.45) is 2.55. The van der Waals surface area contributed by atoms with Gasteiger partial charge >= 0.3 is 0 Å². The molecule has 2 aliphatic rings. The fraction of sp³-hybridized carbons (Fsp3) is 0.300. The summed E-state index contributed by atoms with van der Waals surface area (Å²) < 4.78 is 23.2. The summed E-state index contributed by atoms with van der Waals surface area (Å²) in [6, 6.07) is 17.5. The molecule has 3 aromatic carbocycles. The maximum absolute atomic E-state index is 13.9. The molecular weight excluding hydrogens is 548 g/mol. The lowest BCUT2D eigenvalue weighted by atomic mass is 9.76. The van der Waals surface area contributed by atoms with Crippen LogP contribution in [0.5, 0.6) is 23.0 Å². The van der Waals surface area contributed by atoms with E-state index < -0.39 is 5.92 Å². The number of fused-ring (bicyclic) bond motifs is 2. The number of carbonyl (C=O) groups is 1. The van der Waals surface area contributed by atoms with Gasteiger partial charge in [-0.2, -0.15) is 0 Å². The lowest BCUT2D eigenvalue weighted by Crippen LogP contribution is -2.33. The van der Waals surface area contributed by atoms with Crippen LogP contribution in [-0.4, -0.2) is 33.7 Å². The molecule has 3 atom stereocenters. The van der Waals surface area contributed by atoms with E-state index in [1.807, 2.05) is 61.5 Å². The van der Waals surface area contributed by atoms with E-state index in [0.29, 0.717) is 36.0 Å². The molecule has 7 nitrogen and oxygen atoms in total. The van der Waals surface area contributed by atoms with E-state index in [-0.39, 0.29) is 17.7 Å². The monoisotopic (exact) mass is 578 g/mol. The van der Waals surface area contributed by atoms with Crippen LogP contribution in [0.2, 0.25) is 0 Å². The highest BCUT2D eigenvalue weighted by Crippen LogP contribution is 2.47. The molecule has 1 aliphatic carbocycles. The second-order valence-electron chi connectivity index (χ2n) is 9.25. The second kappa shape index (κ2) is 11.0. The highest BCUT2D eigenvalue weighted by Gasteiger charge is 2.40. The molecule has 0 saturated carbocycles. The van der Waals surface area contributed by atoms with Crippen LogP contribution in [0.3, 0.4) is 0 Å². The van der Waals surface area contributed by atoms with Gasteiger partial charge in [0, 0.05) is 18.0 Å². The van der Waals surface area contributed by atoms with E-state index in [4.69, 9.17) is 18.9 Å². The van der Waals surface area contributed by atoms with Crippen molar-refractivity contribution in [2.24, 2.45) is 5.92 Å². The van der Waals surface area contributed by atoms with Crippen molar-refractivity contribution in [1.29, 1.82) is 0 Å². The van der Waals surface area contributed by atoms with Crippen molar-refractivity contribution in [3.05, 3.63) is 82.0 Å². The highest BCUT2D eigenvalue weighted by molar-refractivity contribution is 9.10. The van der Waals surface area contributed by atoms with Crippen molar-refractivity contribution in [2.45, 2.75) is 25.3 Å². The molecule has 0 radical (unpaired) electrons. The number of Topliss-reactive ketones (excluding diaryl/α,β-unsaturated/α-hetero) is 1. The van der Waals surface area contributed by atoms with Gasteiger partial charge in [0.25, 0.3) is 0 Å². The zero-order chi connectivity index (χ0) is 26.8. The molecule has 3 unspecified atom stereocenters. The molecule has 1 aliphatic heterocycles. The Morgan fingerprint density at radius 2 is 1.63 bits per heavy atom. The highest BCUT2D eigenvalue weighted by atomic mass is 79.9. The van der Waals surface area contributed by atoms with Gasteiger partial charge in [0.15, 0.2) is 23.0 Å². The van der Waals surface area contributed by atoms with Crippen LogP contribution >= 0.6 is 15.9 Å². The molecular formula is C30H31BrN2O5. The molecule has 1 heterocycles. The van der Waals surface area contributed by atoms with Crippen molar-refractivity contribution in [1.82, 2.24) is 0 Å². The molecule has 0 spiro atoms. The molecule has 0 saturated heterocycles. The zero-order valence-electron chi connectivity index (χ0n) is 21.8. The number of ketones is 1. The van der Waals surface area contributed by atoms with E-state index >= 15 is 0 Å². The Labute approximate surface area is 231 Å². The first kappa shape index (κ1) is 26.0. The fourth-order valence-electron chi connectivity index (χ4n) is 5.30. The van der Waals surface area contributed by atoms with Gasteiger partial charge in [-0.3, -0.25) is 4.79 Å². The predicted octanol–water partition coefficient (Wildman–Crippen LogP) is 6.71. The number of carbonyl (C=O) groups excluding carboxylic acids is 1. The largest absolute Gasteiger partial charge is 0.493 e. The lowest BCUT2D eigenvalue weighted by Gasteiger charge is -2.33. The summed E-state index contributed by atoms with van der Waals surface area (Å²) in [6.45, 7) is 2.49. The first-order valence-electron chi connectivity index (χ1n) is 12.6. The second-order valence-corrected chi connectivity index (χ2v) is 10.1. The lowest BCUT2D eigenvalue weighted by molar-refractivity contribution is -0.122. The molecule has 0 aromatic heterocycles. The van der Waals surface area contributed by atoms with Crippen molar-refractivity contribution in [2.75, 3.05) is 38.6 Å². The van der Waals surface area contributed by atoms with Crippen LogP contribution in [0.15, 0.2) is 70.8 Å². The summed E-state index contributed by atoms with van der Waals surface area (Å²) in [5.74, 6) is 2.17. The fourth-order valence-corrected chi connectivity index (χ4v) is 5.92. The van der Waals surface area contributed by atoms with Crippen LogP contribution in [0.4, 0.5) is 11.4 Å². The maximum Gasteiger partial charge on any atom is 0.174 e. The van der Waals surface area contributed by atoms with Crippen LogP contribution in [0, 0.1) is 5.92 Å². The van der Waals surface area contributed by atoms with E-state index in [2.05, 4.69) is 32.6 Å². The molecule has 5 rings (SSSR count). The van der Waals surface area contributed by atoms with Gasteiger partial charge in [0.2, 0.25) is 0 Å². The Bertz CT molecular complexity index is 1390. The van der Waals surface area contributed by atoms with Crippen LogP contribution < -0.4 is 29.6 Å². The predicted molar refractivity (Wildman–Crippen MR) is 152 cm³/mol. The number of para-hydroxylation sites is 2. The van der Waals surface area contributed by atoms with Gasteiger partial charge in [-0.25, -0.2) is 0 Å². The smallest absolute Gasteiger partial charge is 0.174 e. The average molecular weight is 579 g/mol. The standard InChI is InChI=1S/C30H31BrN2O5/c1-5-38-25-11-10-17(15-26(25)35-2)18-13-23-28(24(34)14-18)29(33-22-9-7-6-8-21(22)32-23)19-12-20(31)30(37-4)27(16-19)36-3/h6-13,15-16,18,28-29,32-33H,5,14H2,1-4H3. The number of benzene rings is 3. The van der Waals surface area contributed by atoms with Crippen LogP contribution in [0.1, 0.15) is 36.4 Å². The van der Waals surface area contributed by atoms with Gasteiger partial charge in [-0.1, -0.05) is 24.3 Å². The van der Waals surface area contributed by atoms with E-state index in [1.165, 1.54) is 0 Å². The molecule has 38 heavy (non-hydrogen) atoms. The number of hydrogen-bond donors (Lipinski definition) is 2. The summed E-state index contributed by atoms with van der Waals surface area (Å²) in [5, 5.41) is 7.21. The summed E-state index contributed by atoms with van der Waals surface area (Å²) in [4.78, 5) is 13.9. The molecule has 198 valence electrons. The Morgan fingerprint density at radius 1 is 0.895 bits per heavy atom. The minimum Gasteiger partial charge on any atom is -0.493 e. The molecule has 0 amide bonds. The molecule has 2 N–H and O–H groups in total. The summed E-state index contributed by atoms with van der Waals surface area (Å²) >= 11 is 3.62.